The first kappa shape index (κ1) is 22.7. The zero-order valence-electron chi connectivity index (χ0n) is 17.3. The van der Waals surface area contributed by atoms with E-state index < -0.39 is 23.9 Å². The number of nitrogens with one attached hydrogen (secondary N) is 2. The Morgan fingerprint density at radius 1 is 1.19 bits per heavy atom. The second-order valence-corrected chi connectivity index (χ2v) is 7.48. The smallest absolute Gasteiger partial charge is 0.251 e. The standard InChI is InChI=1S/C23H27FN2O5/c1-30-18-7-5-15(6-8-18)13-25-22(28)12-19-9-10-20(21(14-27)31-19)26-23(29)16-3-2-4-17(24)11-16/h2-8,11,19-21,27H,9-10,12-14H2,1H3,(H,25,28)(H,26,29)/t19-,20-,21-/m1/s1. The number of carbonyl (C=O) groups excluding carboxylic acids is 2. The van der Waals surface area contributed by atoms with Crippen LogP contribution in [0.25, 0.3) is 0 Å². The normalized spacial score (nSPS) is 20.7. The minimum atomic E-state index is -0.634. The Bertz CT molecular complexity index is 890. The Balaban J connectivity index is 1.47. The van der Waals surface area contributed by atoms with E-state index >= 15 is 0 Å². The van der Waals surface area contributed by atoms with Crippen LogP contribution < -0.4 is 15.4 Å². The number of halogens is 1. The lowest BCUT2D eigenvalue weighted by atomic mass is 9.96. The molecule has 1 aliphatic heterocycles. The lowest BCUT2D eigenvalue weighted by molar-refractivity contribution is -0.131. The number of rotatable bonds is 8. The topological polar surface area (TPSA) is 96.9 Å². The molecule has 31 heavy (non-hydrogen) atoms. The minimum Gasteiger partial charge on any atom is -0.497 e. The second-order valence-electron chi connectivity index (χ2n) is 7.48. The van der Waals surface area contributed by atoms with E-state index in [4.69, 9.17) is 9.47 Å². The molecule has 0 unspecified atom stereocenters. The summed E-state index contributed by atoms with van der Waals surface area (Å²) in [5.74, 6) is -0.325. The molecule has 3 N–H and O–H groups in total. The Hall–Kier alpha value is -2.97. The number of aliphatic hydroxyl groups is 1. The third-order valence-corrected chi connectivity index (χ3v) is 5.26. The first-order chi connectivity index (χ1) is 15.0. The van der Waals surface area contributed by atoms with E-state index in [1.165, 1.54) is 18.2 Å². The number of hydrogen-bond acceptors (Lipinski definition) is 5. The molecule has 166 valence electrons. The zero-order chi connectivity index (χ0) is 22.2. The van der Waals surface area contributed by atoms with Crippen LogP contribution in [0.4, 0.5) is 4.39 Å². The van der Waals surface area contributed by atoms with Gasteiger partial charge in [0.1, 0.15) is 17.7 Å². The fourth-order valence-corrected chi connectivity index (χ4v) is 3.55. The number of ether oxygens (including phenoxy) is 2. The molecule has 3 rings (SSSR count). The van der Waals surface area contributed by atoms with Crippen molar-refractivity contribution in [3.63, 3.8) is 0 Å². The highest BCUT2D eigenvalue weighted by Crippen LogP contribution is 2.22. The van der Waals surface area contributed by atoms with Crippen molar-refractivity contribution in [3.8, 4) is 5.75 Å². The van der Waals surface area contributed by atoms with Gasteiger partial charge in [-0.05, 0) is 48.7 Å². The molecule has 7 nitrogen and oxygen atoms in total. The number of methoxy groups -OCH3 is 1. The van der Waals surface area contributed by atoms with Crippen molar-refractivity contribution >= 4 is 11.8 Å². The first-order valence-electron chi connectivity index (χ1n) is 10.2. The minimum absolute atomic E-state index is 0.153. The van der Waals surface area contributed by atoms with Crippen LogP contribution in [0, 0.1) is 5.82 Å². The molecule has 0 spiro atoms. The summed E-state index contributed by atoms with van der Waals surface area (Å²) in [6.45, 7) is 0.101. The maximum Gasteiger partial charge on any atom is 0.251 e. The highest BCUT2D eigenvalue weighted by molar-refractivity contribution is 5.94. The largest absolute Gasteiger partial charge is 0.497 e. The maximum atomic E-state index is 13.3. The molecule has 0 saturated carbocycles. The van der Waals surface area contributed by atoms with Gasteiger partial charge in [0, 0.05) is 12.1 Å². The predicted octanol–water partition coefficient (Wildman–Crippen LogP) is 2.18. The van der Waals surface area contributed by atoms with Gasteiger partial charge in [0.25, 0.3) is 5.91 Å². The lowest BCUT2D eigenvalue weighted by Crippen LogP contribution is -2.51. The third kappa shape index (κ3) is 6.50. The van der Waals surface area contributed by atoms with Crippen LogP contribution >= 0.6 is 0 Å². The SMILES string of the molecule is COc1ccc(CNC(=O)C[C@H]2CC[C@@H](NC(=O)c3cccc(F)c3)[C@@H](CO)O2)cc1. The van der Waals surface area contributed by atoms with Gasteiger partial charge in [-0.2, -0.15) is 0 Å². The summed E-state index contributed by atoms with van der Waals surface area (Å²) in [7, 11) is 1.60. The third-order valence-electron chi connectivity index (χ3n) is 5.26. The first-order valence-corrected chi connectivity index (χ1v) is 10.2. The van der Waals surface area contributed by atoms with E-state index in [0.29, 0.717) is 19.4 Å². The van der Waals surface area contributed by atoms with Crippen molar-refractivity contribution in [1.29, 1.82) is 0 Å². The van der Waals surface area contributed by atoms with Crippen LogP contribution in [-0.4, -0.2) is 48.9 Å². The van der Waals surface area contributed by atoms with Crippen molar-refractivity contribution in [1.82, 2.24) is 10.6 Å². The molecule has 0 aliphatic carbocycles. The van der Waals surface area contributed by atoms with Crippen LogP contribution in [0.2, 0.25) is 0 Å². The average Bonchev–Trinajstić information content (AvgIpc) is 2.79. The Morgan fingerprint density at radius 2 is 1.97 bits per heavy atom. The highest BCUT2D eigenvalue weighted by Gasteiger charge is 2.33. The number of benzene rings is 2. The predicted molar refractivity (Wildman–Crippen MR) is 112 cm³/mol. The Labute approximate surface area is 180 Å². The molecule has 0 radical (unpaired) electrons. The molecule has 1 aliphatic rings. The van der Waals surface area contributed by atoms with Gasteiger partial charge in [-0.3, -0.25) is 9.59 Å². The molecule has 2 aromatic rings. The number of amides is 2. The monoisotopic (exact) mass is 430 g/mol. The van der Waals surface area contributed by atoms with E-state index in [1.807, 2.05) is 24.3 Å². The van der Waals surface area contributed by atoms with Gasteiger partial charge >= 0.3 is 0 Å². The van der Waals surface area contributed by atoms with Gasteiger partial charge in [0.2, 0.25) is 5.91 Å². The molecule has 0 aromatic heterocycles. The van der Waals surface area contributed by atoms with E-state index in [-0.39, 0.29) is 30.6 Å². The molecule has 0 bridgehead atoms. The molecule has 1 fully saturated rings. The molecule has 3 atom stereocenters. The van der Waals surface area contributed by atoms with Crippen molar-refractivity contribution in [2.24, 2.45) is 0 Å². The van der Waals surface area contributed by atoms with Crippen LogP contribution in [0.3, 0.4) is 0 Å². The van der Waals surface area contributed by atoms with E-state index in [2.05, 4.69) is 10.6 Å². The van der Waals surface area contributed by atoms with Crippen molar-refractivity contribution < 1.29 is 28.6 Å². The summed E-state index contributed by atoms with van der Waals surface area (Å²) < 4.78 is 24.3. The number of carbonyl (C=O) groups is 2. The van der Waals surface area contributed by atoms with Gasteiger partial charge < -0.3 is 25.2 Å². The van der Waals surface area contributed by atoms with Crippen LogP contribution in [-0.2, 0) is 16.1 Å². The fourth-order valence-electron chi connectivity index (χ4n) is 3.55. The van der Waals surface area contributed by atoms with Crippen molar-refractivity contribution in [2.75, 3.05) is 13.7 Å². The Kier molecular flexibility index (Phi) is 7.97. The molecular weight excluding hydrogens is 403 g/mol. The molecule has 1 heterocycles. The van der Waals surface area contributed by atoms with Gasteiger partial charge in [0.15, 0.2) is 0 Å². The summed E-state index contributed by atoms with van der Waals surface area (Å²) in [5, 5.41) is 15.3. The molecule has 2 amide bonds. The van der Waals surface area contributed by atoms with Crippen LogP contribution in [0.1, 0.15) is 35.2 Å². The number of aliphatic hydroxyl groups excluding tert-OH is 1. The van der Waals surface area contributed by atoms with E-state index in [9.17, 15) is 19.1 Å². The van der Waals surface area contributed by atoms with Crippen LogP contribution in [0.5, 0.6) is 5.75 Å². The average molecular weight is 430 g/mol. The van der Waals surface area contributed by atoms with E-state index in [0.717, 1.165) is 17.4 Å². The highest BCUT2D eigenvalue weighted by atomic mass is 19.1. The summed E-state index contributed by atoms with van der Waals surface area (Å²) in [5.41, 5.74) is 1.16. The Morgan fingerprint density at radius 3 is 2.65 bits per heavy atom. The van der Waals surface area contributed by atoms with Gasteiger partial charge in [-0.15, -0.1) is 0 Å². The van der Waals surface area contributed by atoms with Crippen molar-refractivity contribution in [2.45, 2.75) is 44.1 Å². The number of hydrogen-bond donors (Lipinski definition) is 3. The molecule has 1 saturated heterocycles. The summed E-state index contributed by atoms with van der Waals surface area (Å²) in [6, 6.07) is 12.4. The molecule has 2 aromatic carbocycles. The van der Waals surface area contributed by atoms with Crippen LogP contribution in [0.15, 0.2) is 48.5 Å². The summed E-state index contributed by atoms with van der Waals surface area (Å²) in [4.78, 5) is 24.7. The second kappa shape index (κ2) is 10.9. The zero-order valence-corrected chi connectivity index (χ0v) is 17.3. The van der Waals surface area contributed by atoms with Gasteiger partial charge in [-0.1, -0.05) is 18.2 Å². The fraction of sp³-hybridized carbons (Fsp3) is 0.391. The van der Waals surface area contributed by atoms with Gasteiger partial charge in [-0.25, -0.2) is 4.39 Å². The lowest BCUT2D eigenvalue weighted by Gasteiger charge is -2.36. The van der Waals surface area contributed by atoms with Crippen molar-refractivity contribution in [3.05, 3.63) is 65.5 Å². The van der Waals surface area contributed by atoms with Gasteiger partial charge in [0.05, 0.1) is 32.3 Å². The maximum absolute atomic E-state index is 13.3. The summed E-state index contributed by atoms with van der Waals surface area (Å²) >= 11 is 0. The van der Waals surface area contributed by atoms with E-state index in [1.54, 1.807) is 7.11 Å². The quantitative estimate of drug-likeness (QED) is 0.597. The summed E-state index contributed by atoms with van der Waals surface area (Å²) in [6.07, 6.45) is 0.279. The molecular formula is C23H27FN2O5. The molecule has 8 heteroatoms.